The lowest BCUT2D eigenvalue weighted by molar-refractivity contribution is -0.143. The number of likely N-dealkylation sites (tertiary alicyclic amines) is 1. The second kappa shape index (κ2) is 6.25. The van der Waals surface area contributed by atoms with Crippen LogP contribution in [-0.2, 0) is 11.3 Å². The number of nitrogens with zero attached hydrogens (tertiary/aromatic N) is 1. The molecule has 5 nitrogen and oxygen atoms in total. The number of nitrogens with one attached hydrogen (secondary N) is 1. The minimum atomic E-state index is -0.831. The molecular weight excluding hydrogens is 288 g/mol. The molecule has 2 amide bonds. The van der Waals surface area contributed by atoms with E-state index in [0.29, 0.717) is 23.8 Å². The molecule has 1 aliphatic heterocycles. The van der Waals surface area contributed by atoms with Crippen molar-refractivity contribution < 1.29 is 14.7 Å². The smallest absolute Gasteiger partial charge is 0.317 e. The van der Waals surface area contributed by atoms with Crippen LogP contribution in [0.5, 0.6) is 0 Å². The van der Waals surface area contributed by atoms with E-state index in [1.54, 1.807) is 11.0 Å². The highest BCUT2D eigenvalue weighted by Crippen LogP contribution is 2.21. The van der Waals surface area contributed by atoms with Gasteiger partial charge in [-0.05, 0) is 25.0 Å². The largest absolute Gasteiger partial charge is 0.481 e. The summed E-state index contributed by atoms with van der Waals surface area (Å²) in [4.78, 5) is 25.4. The summed E-state index contributed by atoms with van der Waals surface area (Å²) in [6, 6.07) is 3.44. The van der Waals surface area contributed by atoms with Crippen LogP contribution in [0.25, 0.3) is 0 Å². The molecular formula is C12H15ClN2O3S. The van der Waals surface area contributed by atoms with Crippen molar-refractivity contribution in [2.75, 3.05) is 13.1 Å². The fraction of sp³-hybridized carbons (Fsp3) is 0.500. The second-order valence-electron chi connectivity index (χ2n) is 4.49. The summed E-state index contributed by atoms with van der Waals surface area (Å²) in [5.41, 5.74) is 0. The first-order chi connectivity index (χ1) is 9.06. The molecule has 0 bridgehead atoms. The number of carbonyl (C=O) groups excluding carboxylic acids is 1. The van der Waals surface area contributed by atoms with Gasteiger partial charge in [-0.1, -0.05) is 11.6 Å². The SMILES string of the molecule is O=C(O)[C@@H]1CCCN(C(=O)NCc2ccc(Cl)s2)C1. The van der Waals surface area contributed by atoms with E-state index in [0.717, 1.165) is 11.3 Å². The van der Waals surface area contributed by atoms with E-state index in [1.807, 2.05) is 6.07 Å². The van der Waals surface area contributed by atoms with Gasteiger partial charge in [0, 0.05) is 18.0 Å². The number of carbonyl (C=O) groups is 2. The first kappa shape index (κ1) is 14.1. The Morgan fingerprint density at radius 1 is 1.53 bits per heavy atom. The van der Waals surface area contributed by atoms with Gasteiger partial charge in [-0.2, -0.15) is 0 Å². The van der Waals surface area contributed by atoms with Crippen molar-refractivity contribution in [2.24, 2.45) is 5.92 Å². The summed E-state index contributed by atoms with van der Waals surface area (Å²) in [6.45, 7) is 1.32. The first-order valence-corrected chi connectivity index (χ1v) is 7.25. The van der Waals surface area contributed by atoms with Gasteiger partial charge < -0.3 is 15.3 Å². The van der Waals surface area contributed by atoms with Crippen molar-refractivity contribution in [3.63, 3.8) is 0 Å². The van der Waals surface area contributed by atoms with Gasteiger partial charge in [0.15, 0.2) is 0 Å². The summed E-state index contributed by atoms with van der Waals surface area (Å²) in [7, 11) is 0. The van der Waals surface area contributed by atoms with Gasteiger partial charge in [-0.3, -0.25) is 4.79 Å². The van der Waals surface area contributed by atoms with E-state index in [9.17, 15) is 9.59 Å². The number of urea groups is 1. The van der Waals surface area contributed by atoms with E-state index >= 15 is 0 Å². The third kappa shape index (κ3) is 3.84. The molecule has 1 aromatic heterocycles. The van der Waals surface area contributed by atoms with Gasteiger partial charge in [0.25, 0.3) is 0 Å². The van der Waals surface area contributed by atoms with Crippen LogP contribution in [0.2, 0.25) is 4.34 Å². The van der Waals surface area contributed by atoms with Crippen LogP contribution in [0, 0.1) is 5.92 Å². The highest BCUT2D eigenvalue weighted by molar-refractivity contribution is 7.16. The van der Waals surface area contributed by atoms with Crippen LogP contribution < -0.4 is 5.32 Å². The molecule has 1 saturated heterocycles. The zero-order valence-corrected chi connectivity index (χ0v) is 11.8. The average Bonchev–Trinajstić information content (AvgIpc) is 2.82. The minimum absolute atomic E-state index is 0.213. The summed E-state index contributed by atoms with van der Waals surface area (Å²) in [5, 5.41) is 11.8. The molecule has 1 fully saturated rings. The molecule has 0 spiro atoms. The monoisotopic (exact) mass is 302 g/mol. The normalized spacial score (nSPS) is 19.2. The highest BCUT2D eigenvalue weighted by Gasteiger charge is 2.27. The van der Waals surface area contributed by atoms with Gasteiger partial charge in [0.2, 0.25) is 0 Å². The number of hydrogen-bond acceptors (Lipinski definition) is 3. The number of thiophene rings is 1. The topological polar surface area (TPSA) is 69.6 Å². The Kier molecular flexibility index (Phi) is 4.66. The Morgan fingerprint density at radius 2 is 2.32 bits per heavy atom. The lowest BCUT2D eigenvalue weighted by atomic mass is 9.99. The number of carboxylic acid groups (broad SMARTS) is 1. The van der Waals surface area contributed by atoms with E-state index < -0.39 is 11.9 Å². The lowest BCUT2D eigenvalue weighted by Gasteiger charge is -2.30. The van der Waals surface area contributed by atoms with Gasteiger partial charge >= 0.3 is 12.0 Å². The third-order valence-electron chi connectivity index (χ3n) is 3.10. The van der Waals surface area contributed by atoms with Gasteiger partial charge in [-0.25, -0.2) is 4.79 Å². The summed E-state index contributed by atoms with van der Waals surface area (Å²) in [5.74, 6) is -1.28. The van der Waals surface area contributed by atoms with Crippen molar-refractivity contribution in [2.45, 2.75) is 19.4 Å². The summed E-state index contributed by atoms with van der Waals surface area (Å²) < 4.78 is 0.688. The van der Waals surface area contributed by atoms with Gasteiger partial charge in [0.1, 0.15) is 0 Å². The number of piperidine rings is 1. The number of rotatable bonds is 3. The Balaban J connectivity index is 1.84. The lowest BCUT2D eigenvalue weighted by Crippen LogP contribution is -2.46. The first-order valence-electron chi connectivity index (χ1n) is 6.06. The van der Waals surface area contributed by atoms with Crippen LogP contribution in [0.4, 0.5) is 4.79 Å². The van der Waals surface area contributed by atoms with E-state index in [2.05, 4.69) is 5.32 Å². The van der Waals surface area contributed by atoms with Crippen LogP contribution >= 0.6 is 22.9 Å². The zero-order chi connectivity index (χ0) is 13.8. The van der Waals surface area contributed by atoms with Crippen LogP contribution in [0.3, 0.4) is 0 Å². The molecule has 2 N–H and O–H groups in total. The fourth-order valence-corrected chi connectivity index (χ4v) is 3.11. The third-order valence-corrected chi connectivity index (χ3v) is 4.33. The Bertz CT molecular complexity index is 477. The minimum Gasteiger partial charge on any atom is -0.481 e. The Hall–Kier alpha value is -1.27. The maximum Gasteiger partial charge on any atom is 0.317 e. The standard InChI is InChI=1S/C12H15ClN2O3S/c13-10-4-3-9(19-10)6-14-12(18)15-5-1-2-8(7-15)11(16)17/h3-4,8H,1-2,5-7H2,(H,14,18)(H,16,17)/t8-/m1/s1. The van der Waals surface area contributed by atoms with Crippen molar-refractivity contribution in [3.05, 3.63) is 21.3 Å². The molecule has 1 atom stereocenters. The molecule has 19 heavy (non-hydrogen) atoms. The zero-order valence-electron chi connectivity index (χ0n) is 10.3. The van der Waals surface area contributed by atoms with Gasteiger partial charge in [-0.15, -0.1) is 11.3 Å². The molecule has 0 aliphatic carbocycles. The number of hydrogen-bond donors (Lipinski definition) is 2. The van der Waals surface area contributed by atoms with Crippen molar-refractivity contribution in [1.82, 2.24) is 10.2 Å². The predicted octanol–water partition coefficient (Wildman–Crippen LogP) is 2.41. The average molecular weight is 303 g/mol. The number of halogens is 1. The van der Waals surface area contributed by atoms with Crippen molar-refractivity contribution >= 4 is 34.9 Å². The van der Waals surface area contributed by atoms with Crippen molar-refractivity contribution in [3.8, 4) is 0 Å². The Morgan fingerprint density at radius 3 is 2.95 bits per heavy atom. The number of aliphatic carboxylic acids is 1. The van der Waals surface area contributed by atoms with Crippen LogP contribution in [0.1, 0.15) is 17.7 Å². The quantitative estimate of drug-likeness (QED) is 0.901. The molecule has 1 aromatic rings. The fourth-order valence-electron chi connectivity index (χ4n) is 2.08. The van der Waals surface area contributed by atoms with E-state index in [4.69, 9.17) is 16.7 Å². The summed E-state index contributed by atoms with van der Waals surface area (Å²) >= 11 is 7.23. The van der Waals surface area contributed by atoms with E-state index in [-0.39, 0.29) is 12.6 Å². The second-order valence-corrected chi connectivity index (χ2v) is 6.29. The van der Waals surface area contributed by atoms with Gasteiger partial charge in [0.05, 0.1) is 16.8 Å². The molecule has 0 aromatic carbocycles. The molecule has 7 heteroatoms. The molecule has 0 unspecified atom stereocenters. The van der Waals surface area contributed by atoms with Crippen molar-refractivity contribution in [1.29, 1.82) is 0 Å². The maximum atomic E-state index is 11.9. The number of amides is 2. The van der Waals surface area contributed by atoms with E-state index in [1.165, 1.54) is 11.3 Å². The molecule has 2 rings (SSSR count). The van der Waals surface area contributed by atoms with Crippen LogP contribution in [-0.4, -0.2) is 35.1 Å². The number of carboxylic acids is 1. The molecule has 104 valence electrons. The Labute approximate surface area is 120 Å². The molecule has 0 radical (unpaired) electrons. The maximum absolute atomic E-state index is 11.9. The highest BCUT2D eigenvalue weighted by atomic mass is 35.5. The summed E-state index contributed by atoms with van der Waals surface area (Å²) in [6.07, 6.45) is 1.37. The molecule has 1 aliphatic rings. The molecule has 0 saturated carbocycles. The molecule has 2 heterocycles. The predicted molar refractivity (Wildman–Crippen MR) is 73.5 cm³/mol. The van der Waals surface area contributed by atoms with Crippen LogP contribution in [0.15, 0.2) is 12.1 Å².